The van der Waals surface area contributed by atoms with Crippen LogP contribution in [-0.2, 0) is 23.8 Å². The van der Waals surface area contributed by atoms with Crippen molar-refractivity contribution in [1.82, 2.24) is 0 Å². The molecule has 0 bridgehead atoms. The van der Waals surface area contributed by atoms with Crippen LogP contribution in [0.1, 0.15) is 127 Å². The number of aliphatic hydroxyl groups is 1. The molecule has 1 saturated heterocycles. The maximum absolute atomic E-state index is 12.6. The molecule has 4 saturated carbocycles. The van der Waals surface area contributed by atoms with Gasteiger partial charge in [0.15, 0.2) is 0 Å². The van der Waals surface area contributed by atoms with Crippen LogP contribution < -0.4 is 0 Å². The van der Waals surface area contributed by atoms with E-state index in [0.717, 1.165) is 57.8 Å². The van der Waals surface area contributed by atoms with E-state index in [1.165, 1.54) is 6.92 Å². The maximum atomic E-state index is 12.6. The molecule has 1 heterocycles. The standard InChI is InChI=1S/C34H56O6/c1-20(35)38-23-19-25-31(7)15-13-26(39-21(2)36)29(3,4)24(31)12-17-32(25,8)33(9)16-11-22(28(23)33)34(10)18-14-27(40-34)30(5,6)37/h22-28,37H,11-19H2,1-10H3/t22-,23-,24-,25+,26+,27+,28-,31-,32+,33+,34-/m0/s1. The SMILES string of the molecule is CC(=O)O[C@H]1C[C@@H]2[C@@]3(C)CC[C@@H](OC(C)=O)C(C)(C)[C@@H]3CC[C@@]2(C)[C@]2(C)CC[C@H]([C@]3(C)CC[C@H](C(C)(C)O)O3)[C@@H]12. The maximum Gasteiger partial charge on any atom is 0.302 e. The molecule has 40 heavy (non-hydrogen) atoms. The van der Waals surface area contributed by atoms with Gasteiger partial charge < -0.3 is 19.3 Å². The Labute approximate surface area is 242 Å². The summed E-state index contributed by atoms with van der Waals surface area (Å²) in [4.78, 5) is 24.6. The molecule has 1 aliphatic heterocycles. The predicted octanol–water partition coefficient (Wildman–Crippen LogP) is 6.85. The summed E-state index contributed by atoms with van der Waals surface area (Å²) in [6.07, 6.45) is 8.68. The van der Waals surface area contributed by atoms with Crippen LogP contribution in [0, 0.1) is 45.3 Å². The van der Waals surface area contributed by atoms with Gasteiger partial charge in [-0.3, -0.25) is 9.59 Å². The van der Waals surface area contributed by atoms with Crippen molar-refractivity contribution in [2.45, 2.75) is 157 Å². The minimum absolute atomic E-state index is 0.0186. The van der Waals surface area contributed by atoms with Crippen LogP contribution in [0.2, 0.25) is 0 Å². The summed E-state index contributed by atoms with van der Waals surface area (Å²) in [6, 6.07) is 0. The van der Waals surface area contributed by atoms with Crippen molar-refractivity contribution in [2.24, 2.45) is 45.3 Å². The van der Waals surface area contributed by atoms with Gasteiger partial charge in [0.05, 0.1) is 17.3 Å². The van der Waals surface area contributed by atoms with E-state index >= 15 is 0 Å². The van der Waals surface area contributed by atoms with Crippen molar-refractivity contribution in [3.05, 3.63) is 0 Å². The van der Waals surface area contributed by atoms with Gasteiger partial charge in [-0.2, -0.15) is 0 Å². The summed E-state index contributed by atoms with van der Waals surface area (Å²) >= 11 is 0. The van der Waals surface area contributed by atoms with E-state index in [1.54, 1.807) is 6.92 Å². The molecule has 0 aromatic rings. The fraction of sp³-hybridized carbons (Fsp3) is 0.941. The van der Waals surface area contributed by atoms with E-state index in [1.807, 2.05) is 13.8 Å². The van der Waals surface area contributed by atoms with Crippen molar-refractivity contribution in [3.8, 4) is 0 Å². The third-order valence-corrected chi connectivity index (χ3v) is 13.8. The Morgan fingerprint density at radius 2 is 1.43 bits per heavy atom. The molecule has 5 aliphatic rings. The average molecular weight is 561 g/mol. The Hall–Kier alpha value is -1.14. The van der Waals surface area contributed by atoms with Crippen molar-refractivity contribution in [3.63, 3.8) is 0 Å². The molecule has 11 atom stereocenters. The number of rotatable bonds is 4. The Morgan fingerprint density at radius 3 is 2.00 bits per heavy atom. The zero-order chi connectivity index (χ0) is 29.7. The van der Waals surface area contributed by atoms with Crippen molar-refractivity contribution >= 4 is 11.9 Å². The minimum atomic E-state index is -0.872. The molecule has 0 aromatic carbocycles. The molecule has 5 rings (SSSR count). The average Bonchev–Trinajstić information content (AvgIpc) is 3.39. The van der Waals surface area contributed by atoms with Crippen LogP contribution in [0.3, 0.4) is 0 Å². The second-order valence-corrected chi connectivity index (χ2v) is 16.6. The van der Waals surface area contributed by atoms with Crippen LogP contribution in [0.15, 0.2) is 0 Å². The Morgan fingerprint density at radius 1 is 0.800 bits per heavy atom. The van der Waals surface area contributed by atoms with Crippen LogP contribution >= 0.6 is 0 Å². The third-order valence-electron chi connectivity index (χ3n) is 13.8. The van der Waals surface area contributed by atoms with Crippen LogP contribution in [-0.4, -0.2) is 46.6 Å². The highest BCUT2D eigenvalue weighted by Gasteiger charge is 2.72. The Bertz CT molecular complexity index is 1030. The summed E-state index contributed by atoms with van der Waals surface area (Å²) in [5, 5.41) is 10.8. The highest BCUT2D eigenvalue weighted by molar-refractivity contribution is 5.66. The van der Waals surface area contributed by atoms with E-state index in [2.05, 4.69) is 41.5 Å². The number of esters is 2. The second-order valence-electron chi connectivity index (χ2n) is 16.6. The molecule has 6 nitrogen and oxygen atoms in total. The first-order chi connectivity index (χ1) is 18.3. The molecule has 4 aliphatic carbocycles. The quantitative estimate of drug-likeness (QED) is 0.379. The van der Waals surface area contributed by atoms with Gasteiger partial charge in [0.2, 0.25) is 0 Å². The normalized spacial score (nSPS) is 49.9. The molecule has 228 valence electrons. The zero-order valence-corrected chi connectivity index (χ0v) is 26.9. The lowest BCUT2D eigenvalue weighted by atomic mass is 9.35. The molecule has 6 heteroatoms. The second kappa shape index (κ2) is 9.43. The van der Waals surface area contributed by atoms with Crippen LogP contribution in [0.25, 0.3) is 0 Å². The molecule has 5 fully saturated rings. The van der Waals surface area contributed by atoms with Crippen LogP contribution in [0.4, 0.5) is 0 Å². The van der Waals surface area contributed by atoms with Gasteiger partial charge in [-0.05, 0) is 113 Å². The molecule has 0 aromatic heterocycles. The van der Waals surface area contributed by atoms with E-state index in [4.69, 9.17) is 14.2 Å². The lowest BCUT2D eigenvalue weighted by Gasteiger charge is -2.70. The number of fused-ring (bicyclic) bond motifs is 5. The van der Waals surface area contributed by atoms with Gasteiger partial charge in [-0.15, -0.1) is 0 Å². The van der Waals surface area contributed by atoms with E-state index in [9.17, 15) is 14.7 Å². The molecular formula is C34H56O6. The molecule has 0 amide bonds. The fourth-order valence-corrected chi connectivity index (χ4v) is 11.8. The first-order valence-electron chi connectivity index (χ1n) is 16.0. The molecule has 0 radical (unpaired) electrons. The zero-order valence-electron chi connectivity index (χ0n) is 26.9. The molecule has 0 spiro atoms. The van der Waals surface area contributed by atoms with Crippen LogP contribution in [0.5, 0.6) is 0 Å². The van der Waals surface area contributed by atoms with Gasteiger partial charge in [0.1, 0.15) is 12.2 Å². The largest absolute Gasteiger partial charge is 0.462 e. The highest BCUT2D eigenvalue weighted by atomic mass is 16.6. The van der Waals surface area contributed by atoms with E-state index < -0.39 is 5.60 Å². The summed E-state index contributed by atoms with van der Waals surface area (Å²) < 4.78 is 19.0. The summed E-state index contributed by atoms with van der Waals surface area (Å²) in [5.74, 6) is 1.00. The van der Waals surface area contributed by atoms with Crippen molar-refractivity contribution in [1.29, 1.82) is 0 Å². The lowest BCUT2D eigenvalue weighted by molar-refractivity contribution is -0.254. The van der Waals surface area contributed by atoms with Gasteiger partial charge in [0, 0.05) is 25.2 Å². The molecule has 1 N–H and O–H groups in total. The first kappa shape index (κ1) is 30.3. The number of hydrogen-bond donors (Lipinski definition) is 1. The van der Waals surface area contributed by atoms with Gasteiger partial charge >= 0.3 is 11.9 Å². The minimum Gasteiger partial charge on any atom is -0.462 e. The first-order valence-corrected chi connectivity index (χ1v) is 16.0. The highest BCUT2D eigenvalue weighted by Crippen LogP contribution is 2.76. The van der Waals surface area contributed by atoms with Gasteiger partial charge in [-0.1, -0.05) is 34.6 Å². The number of carbonyl (C=O) groups is 2. The smallest absolute Gasteiger partial charge is 0.302 e. The fourth-order valence-electron chi connectivity index (χ4n) is 11.8. The monoisotopic (exact) mass is 560 g/mol. The van der Waals surface area contributed by atoms with Crippen molar-refractivity contribution in [2.75, 3.05) is 0 Å². The van der Waals surface area contributed by atoms with E-state index in [0.29, 0.717) is 11.8 Å². The topological polar surface area (TPSA) is 82.1 Å². The molecule has 0 unspecified atom stereocenters. The van der Waals surface area contributed by atoms with E-state index in [-0.39, 0.29) is 69.3 Å². The predicted molar refractivity (Wildman–Crippen MR) is 154 cm³/mol. The Balaban J connectivity index is 1.52. The molecular weight excluding hydrogens is 504 g/mol. The summed E-state index contributed by atoms with van der Waals surface area (Å²) in [5.41, 5.74) is -1.10. The summed E-state index contributed by atoms with van der Waals surface area (Å²) in [7, 11) is 0. The lowest BCUT2D eigenvalue weighted by Crippen LogP contribution is -2.67. The number of carbonyl (C=O) groups excluding carboxylic acids is 2. The van der Waals surface area contributed by atoms with Gasteiger partial charge in [0.25, 0.3) is 0 Å². The van der Waals surface area contributed by atoms with Gasteiger partial charge in [-0.25, -0.2) is 0 Å². The summed E-state index contributed by atoms with van der Waals surface area (Å²) in [6.45, 7) is 21.2. The number of hydrogen-bond acceptors (Lipinski definition) is 6. The van der Waals surface area contributed by atoms with Crippen molar-refractivity contribution < 1.29 is 28.9 Å². The number of ether oxygens (including phenoxy) is 3. The Kier molecular flexibility index (Phi) is 7.15. The third kappa shape index (κ3) is 4.31.